The highest BCUT2D eigenvalue weighted by molar-refractivity contribution is 5.76. The van der Waals surface area contributed by atoms with E-state index < -0.39 is 0 Å². The normalized spacial score (nSPS) is 11.7. The fourth-order valence-electron chi connectivity index (χ4n) is 3.41. The smallest absolute Gasteiger partial charge is 0.283 e. The van der Waals surface area contributed by atoms with Crippen molar-refractivity contribution in [2.24, 2.45) is 14.1 Å². The minimum atomic E-state index is -0.379. The second-order valence-corrected chi connectivity index (χ2v) is 6.25. The van der Waals surface area contributed by atoms with Crippen molar-refractivity contribution >= 4 is 16.9 Å². The molecule has 128 valence electrons. The van der Waals surface area contributed by atoms with Gasteiger partial charge in [0.2, 0.25) is 5.78 Å². The second kappa shape index (κ2) is 5.20. The van der Waals surface area contributed by atoms with Crippen molar-refractivity contribution in [2.75, 3.05) is 0 Å². The minimum Gasteiger partial charge on any atom is -0.283 e. The number of aromatic nitrogens is 5. The van der Waals surface area contributed by atoms with Crippen LogP contribution in [0, 0.1) is 6.92 Å². The number of para-hydroxylation sites is 1. The fourth-order valence-corrected chi connectivity index (χ4v) is 3.41. The lowest BCUT2D eigenvalue weighted by atomic mass is 10.1. The van der Waals surface area contributed by atoms with Gasteiger partial charge in [0, 0.05) is 26.0 Å². The summed E-state index contributed by atoms with van der Waals surface area (Å²) in [7, 11) is 3.12. The summed E-state index contributed by atoms with van der Waals surface area (Å²) in [6, 6.07) is 8.13. The molecule has 0 saturated carbocycles. The molecular weight excluding hydrogens is 318 g/mol. The van der Waals surface area contributed by atoms with Gasteiger partial charge in [0.15, 0.2) is 11.2 Å². The lowest BCUT2D eigenvalue weighted by Gasteiger charge is -2.10. The van der Waals surface area contributed by atoms with E-state index in [0.717, 1.165) is 22.4 Å². The number of aryl methyl sites for hydroxylation is 3. The molecule has 0 fully saturated rings. The highest BCUT2D eigenvalue weighted by Gasteiger charge is 2.20. The van der Waals surface area contributed by atoms with Crippen molar-refractivity contribution in [3.05, 3.63) is 62.6 Å². The Morgan fingerprint density at radius 2 is 1.80 bits per heavy atom. The van der Waals surface area contributed by atoms with E-state index in [-0.39, 0.29) is 11.2 Å². The van der Waals surface area contributed by atoms with Gasteiger partial charge in [0.05, 0.1) is 5.69 Å². The Morgan fingerprint density at radius 1 is 1.08 bits per heavy atom. The molecule has 0 aliphatic heterocycles. The van der Waals surface area contributed by atoms with E-state index in [1.165, 1.54) is 17.2 Å². The summed E-state index contributed by atoms with van der Waals surface area (Å²) in [6.07, 6.45) is 2.78. The Bertz CT molecular complexity index is 1250. The summed E-state index contributed by atoms with van der Waals surface area (Å²) in [5.74, 6) is 0.631. The molecule has 0 aliphatic carbocycles. The molecule has 0 spiro atoms. The molecule has 0 unspecified atom stereocenters. The first-order valence-corrected chi connectivity index (χ1v) is 8.20. The van der Waals surface area contributed by atoms with E-state index in [4.69, 9.17) is 0 Å². The molecule has 0 saturated heterocycles. The van der Waals surface area contributed by atoms with Crippen LogP contribution in [-0.4, -0.2) is 23.1 Å². The molecule has 4 rings (SSSR count). The van der Waals surface area contributed by atoms with Gasteiger partial charge in [-0.2, -0.15) is 4.98 Å². The number of benzene rings is 1. The highest BCUT2D eigenvalue weighted by Crippen LogP contribution is 2.23. The average Bonchev–Trinajstić information content (AvgIpc) is 3.12. The third-order valence-corrected chi connectivity index (χ3v) is 4.75. The van der Waals surface area contributed by atoms with Gasteiger partial charge in [-0.15, -0.1) is 0 Å². The number of hydrogen-bond acceptors (Lipinski definition) is 3. The molecule has 0 radical (unpaired) electrons. The van der Waals surface area contributed by atoms with Crippen LogP contribution < -0.4 is 11.2 Å². The summed E-state index contributed by atoms with van der Waals surface area (Å²) >= 11 is 0. The van der Waals surface area contributed by atoms with Crippen LogP contribution in [0.25, 0.3) is 22.6 Å². The average molecular weight is 337 g/mol. The summed E-state index contributed by atoms with van der Waals surface area (Å²) in [5.41, 5.74) is 3.29. The predicted molar refractivity (Wildman–Crippen MR) is 96.6 cm³/mol. The van der Waals surface area contributed by atoms with Crippen molar-refractivity contribution in [3.8, 4) is 5.69 Å². The highest BCUT2D eigenvalue weighted by atomic mass is 16.2. The van der Waals surface area contributed by atoms with Crippen molar-refractivity contribution in [1.29, 1.82) is 0 Å². The van der Waals surface area contributed by atoms with Crippen LogP contribution in [0.15, 0.2) is 40.1 Å². The molecule has 3 heterocycles. The van der Waals surface area contributed by atoms with Gasteiger partial charge in [-0.1, -0.05) is 25.1 Å². The summed E-state index contributed by atoms with van der Waals surface area (Å²) in [5, 5.41) is 0. The third kappa shape index (κ3) is 1.95. The zero-order valence-corrected chi connectivity index (χ0v) is 14.6. The summed E-state index contributed by atoms with van der Waals surface area (Å²) in [4.78, 5) is 29.5. The van der Waals surface area contributed by atoms with E-state index in [1.54, 1.807) is 11.4 Å². The van der Waals surface area contributed by atoms with E-state index in [1.807, 2.05) is 35.9 Å². The molecular formula is C18H19N5O2. The van der Waals surface area contributed by atoms with Gasteiger partial charge in [-0.25, -0.2) is 4.79 Å². The van der Waals surface area contributed by atoms with Crippen LogP contribution in [-0.2, 0) is 20.5 Å². The summed E-state index contributed by atoms with van der Waals surface area (Å²) in [6.45, 7) is 4.09. The van der Waals surface area contributed by atoms with Crippen LogP contribution in [0.5, 0.6) is 0 Å². The van der Waals surface area contributed by atoms with Gasteiger partial charge < -0.3 is 0 Å². The van der Waals surface area contributed by atoms with Gasteiger partial charge >= 0.3 is 5.69 Å². The zero-order valence-electron chi connectivity index (χ0n) is 14.6. The first-order valence-electron chi connectivity index (χ1n) is 8.20. The van der Waals surface area contributed by atoms with Gasteiger partial charge in [0.1, 0.15) is 0 Å². The minimum absolute atomic E-state index is 0.341. The van der Waals surface area contributed by atoms with Crippen molar-refractivity contribution in [3.63, 3.8) is 0 Å². The van der Waals surface area contributed by atoms with Crippen LogP contribution in [0.1, 0.15) is 18.2 Å². The van der Waals surface area contributed by atoms with Crippen LogP contribution in [0.2, 0.25) is 0 Å². The second-order valence-electron chi connectivity index (χ2n) is 6.25. The van der Waals surface area contributed by atoms with E-state index >= 15 is 0 Å². The first kappa shape index (κ1) is 15.4. The van der Waals surface area contributed by atoms with Crippen LogP contribution in [0.3, 0.4) is 0 Å². The van der Waals surface area contributed by atoms with Crippen molar-refractivity contribution in [2.45, 2.75) is 20.3 Å². The molecule has 25 heavy (non-hydrogen) atoms. The Kier molecular flexibility index (Phi) is 3.21. The molecule has 4 aromatic rings. The van der Waals surface area contributed by atoms with E-state index in [2.05, 4.69) is 18.0 Å². The van der Waals surface area contributed by atoms with Crippen LogP contribution >= 0.6 is 0 Å². The van der Waals surface area contributed by atoms with E-state index in [9.17, 15) is 9.59 Å². The monoisotopic (exact) mass is 337 g/mol. The lowest BCUT2D eigenvalue weighted by molar-refractivity contribution is 0.707. The number of fused-ring (bicyclic) bond motifs is 3. The molecule has 1 aromatic carbocycles. The van der Waals surface area contributed by atoms with Gasteiger partial charge in [-0.3, -0.25) is 22.9 Å². The number of imidazole rings is 2. The lowest BCUT2D eigenvalue weighted by Crippen LogP contribution is -2.37. The van der Waals surface area contributed by atoms with E-state index in [0.29, 0.717) is 16.9 Å². The van der Waals surface area contributed by atoms with Gasteiger partial charge in [-0.05, 0) is 25.0 Å². The van der Waals surface area contributed by atoms with Gasteiger partial charge in [0.25, 0.3) is 5.56 Å². The molecule has 3 aromatic heterocycles. The largest absolute Gasteiger partial charge is 0.332 e. The fraction of sp³-hybridized carbons (Fsp3) is 0.278. The Balaban J connectivity index is 2.21. The maximum Gasteiger partial charge on any atom is 0.332 e. The number of nitrogens with zero attached hydrogens (tertiary/aromatic N) is 5. The summed E-state index contributed by atoms with van der Waals surface area (Å²) < 4.78 is 6.33. The molecule has 0 bridgehead atoms. The topological polar surface area (TPSA) is 66.2 Å². The SMILES string of the molecule is CCc1ccccc1-n1c(C)cn2c3c(=O)n(C)c(=O)n(C)c3nc12. The predicted octanol–water partition coefficient (Wildman–Crippen LogP) is 1.55. The molecule has 0 aliphatic rings. The third-order valence-electron chi connectivity index (χ3n) is 4.75. The molecule has 7 heteroatoms. The maximum absolute atomic E-state index is 12.6. The number of rotatable bonds is 2. The molecule has 7 nitrogen and oxygen atoms in total. The molecule has 0 amide bonds. The zero-order chi connectivity index (χ0) is 17.9. The molecule has 0 N–H and O–H groups in total. The van der Waals surface area contributed by atoms with Crippen LogP contribution in [0.4, 0.5) is 0 Å². The standard InChI is InChI=1S/C18H19N5O2/c1-5-12-8-6-7-9-13(12)23-11(2)10-22-14-15(19-17(22)23)20(3)18(25)21(4)16(14)24/h6-10H,5H2,1-4H3. The Hall–Kier alpha value is -3.09. The first-order chi connectivity index (χ1) is 12.0. The quantitative estimate of drug-likeness (QED) is 0.557. The van der Waals surface area contributed by atoms with Crippen molar-refractivity contribution in [1.82, 2.24) is 23.1 Å². The van der Waals surface area contributed by atoms with Crippen molar-refractivity contribution < 1.29 is 0 Å². The number of hydrogen-bond donors (Lipinski definition) is 0. The Labute approximate surface area is 143 Å². The maximum atomic E-state index is 12.6. The molecule has 0 atom stereocenters. The Morgan fingerprint density at radius 3 is 2.52 bits per heavy atom.